The largest absolute Gasteiger partial charge is 0.480 e. The summed E-state index contributed by atoms with van der Waals surface area (Å²) in [6, 6.07) is -0.0278. The van der Waals surface area contributed by atoms with Crippen molar-refractivity contribution in [2.75, 3.05) is 26.8 Å². The molecule has 2 N–H and O–H groups in total. The summed E-state index contributed by atoms with van der Waals surface area (Å²) < 4.78 is 4.96. The Morgan fingerprint density at radius 2 is 2.12 bits per heavy atom. The number of ether oxygens (including phenoxy) is 1. The number of nitrogens with zero attached hydrogens (tertiary/aromatic N) is 1. The molecule has 0 aliphatic heterocycles. The number of hydrogen-bond donors (Lipinski definition) is 2. The minimum absolute atomic E-state index is 0.0227. The Labute approximate surface area is 96.0 Å². The smallest absolute Gasteiger partial charge is 0.317 e. The van der Waals surface area contributed by atoms with Crippen molar-refractivity contribution >= 4 is 5.97 Å². The van der Waals surface area contributed by atoms with Crippen molar-refractivity contribution in [3.05, 3.63) is 0 Å². The monoisotopic (exact) mass is 231 g/mol. The predicted octanol–water partition coefficient (Wildman–Crippen LogP) is 0.323. The summed E-state index contributed by atoms with van der Waals surface area (Å²) in [7, 11) is 1.59. The van der Waals surface area contributed by atoms with Crippen molar-refractivity contribution in [2.45, 2.75) is 37.8 Å². The molecule has 2 atom stereocenters. The number of aliphatic hydroxyl groups excluding tert-OH is 1. The quantitative estimate of drug-likeness (QED) is 0.689. The lowest BCUT2D eigenvalue weighted by molar-refractivity contribution is -0.140. The van der Waals surface area contributed by atoms with Gasteiger partial charge in [0.1, 0.15) is 0 Å². The first kappa shape index (κ1) is 13.4. The average molecular weight is 231 g/mol. The normalized spacial score (nSPS) is 25.9. The molecule has 0 amide bonds. The molecule has 2 unspecified atom stereocenters. The molecule has 5 heteroatoms. The van der Waals surface area contributed by atoms with E-state index in [1.807, 2.05) is 4.90 Å². The van der Waals surface area contributed by atoms with Crippen molar-refractivity contribution in [3.63, 3.8) is 0 Å². The van der Waals surface area contributed by atoms with Crippen LogP contribution in [0.15, 0.2) is 0 Å². The fourth-order valence-corrected chi connectivity index (χ4v) is 2.26. The fourth-order valence-electron chi connectivity index (χ4n) is 2.26. The van der Waals surface area contributed by atoms with Gasteiger partial charge in [-0.15, -0.1) is 0 Å². The van der Waals surface area contributed by atoms with Crippen LogP contribution in [-0.4, -0.2) is 60.0 Å². The Balaban J connectivity index is 2.54. The highest BCUT2D eigenvalue weighted by Gasteiger charge is 2.29. The second-order valence-electron chi connectivity index (χ2n) is 4.28. The van der Waals surface area contributed by atoms with Gasteiger partial charge in [-0.05, 0) is 12.8 Å². The average Bonchev–Trinajstić information content (AvgIpc) is 2.24. The highest BCUT2D eigenvalue weighted by atomic mass is 16.5. The van der Waals surface area contributed by atoms with Gasteiger partial charge >= 0.3 is 5.97 Å². The Hall–Kier alpha value is -0.650. The molecule has 1 aliphatic carbocycles. The summed E-state index contributed by atoms with van der Waals surface area (Å²) in [6.45, 7) is 1.03. The van der Waals surface area contributed by atoms with Gasteiger partial charge < -0.3 is 14.9 Å². The first-order valence-electron chi connectivity index (χ1n) is 5.78. The molecule has 0 radical (unpaired) electrons. The number of hydrogen-bond acceptors (Lipinski definition) is 4. The second-order valence-corrected chi connectivity index (χ2v) is 4.28. The van der Waals surface area contributed by atoms with Crippen molar-refractivity contribution in [1.82, 2.24) is 4.90 Å². The lowest BCUT2D eigenvalue weighted by Gasteiger charge is -2.36. The predicted molar refractivity (Wildman–Crippen MR) is 59.3 cm³/mol. The van der Waals surface area contributed by atoms with Crippen LogP contribution in [0.1, 0.15) is 25.7 Å². The maximum Gasteiger partial charge on any atom is 0.317 e. The lowest BCUT2D eigenvalue weighted by atomic mass is 9.91. The zero-order valence-corrected chi connectivity index (χ0v) is 9.76. The third-order valence-electron chi connectivity index (χ3n) is 3.08. The van der Waals surface area contributed by atoms with Crippen molar-refractivity contribution in [2.24, 2.45) is 0 Å². The first-order chi connectivity index (χ1) is 7.65. The number of aliphatic hydroxyl groups is 1. The van der Waals surface area contributed by atoms with Gasteiger partial charge in [-0.3, -0.25) is 9.69 Å². The molecule has 1 rings (SSSR count). The van der Waals surface area contributed by atoms with Gasteiger partial charge in [-0.1, -0.05) is 12.8 Å². The number of aliphatic carboxylic acids is 1. The maximum absolute atomic E-state index is 10.8. The van der Waals surface area contributed by atoms with Crippen LogP contribution in [-0.2, 0) is 9.53 Å². The van der Waals surface area contributed by atoms with E-state index in [1.165, 1.54) is 0 Å². The Morgan fingerprint density at radius 1 is 1.44 bits per heavy atom. The zero-order valence-electron chi connectivity index (χ0n) is 9.76. The molecule has 0 spiro atoms. The summed E-state index contributed by atoms with van der Waals surface area (Å²) in [5, 5.41) is 18.7. The van der Waals surface area contributed by atoms with Gasteiger partial charge in [0.25, 0.3) is 0 Å². The second kappa shape index (κ2) is 6.83. The van der Waals surface area contributed by atoms with Crippen LogP contribution in [0, 0.1) is 0 Å². The molecule has 1 fully saturated rings. The van der Waals surface area contributed by atoms with E-state index in [2.05, 4.69) is 0 Å². The van der Waals surface area contributed by atoms with E-state index in [-0.39, 0.29) is 12.6 Å². The summed E-state index contributed by atoms with van der Waals surface area (Å²) in [6.07, 6.45) is 3.34. The lowest BCUT2D eigenvalue weighted by Crippen LogP contribution is -2.48. The first-order valence-corrected chi connectivity index (χ1v) is 5.78. The summed E-state index contributed by atoms with van der Waals surface area (Å²) >= 11 is 0. The molecule has 94 valence electrons. The molecule has 1 saturated carbocycles. The van der Waals surface area contributed by atoms with E-state index < -0.39 is 12.1 Å². The van der Waals surface area contributed by atoms with Crippen LogP contribution in [0.2, 0.25) is 0 Å². The Bertz CT molecular complexity index is 222. The molecule has 0 aromatic rings. The maximum atomic E-state index is 10.8. The van der Waals surface area contributed by atoms with Crippen molar-refractivity contribution < 1.29 is 19.7 Å². The summed E-state index contributed by atoms with van der Waals surface area (Å²) in [4.78, 5) is 12.6. The van der Waals surface area contributed by atoms with Crippen LogP contribution in [0.25, 0.3) is 0 Å². The molecule has 1 aliphatic rings. The van der Waals surface area contributed by atoms with Gasteiger partial charge in [0.15, 0.2) is 0 Å². The third kappa shape index (κ3) is 4.08. The molecule has 0 aromatic heterocycles. The standard InChI is InChI=1S/C11H21NO4/c1-16-7-6-12(8-11(14)15)9-4-2-3-5-10(9)13/h9-10,13H,2-8H2,1H3,(H,14,15). The molecule has 0 saturated heterocycles. The molecule has 0 heterocycles. The SMILES string of the molecule is COCCN(CC(=O)O)C1CCCCC1O. The van der Waals surface area contributed by atoms with E-state index >= 15 is 0 Å². The van der Waals surface area contributed by atoms with Crippen molar-refractivity contribution in [3.8, 4) is 0 Å². The minimum Gasteiger partial charge on any atom is -0.480 e. The number of carboxylic acids is 1. The van der Waals surface area contributed by atoms with E-state index in [1.54, 1.807) is 7.11 Å². The number of methoxy groups -OCH3 is 1. The van der Waals surface area contributed by atoms with Crippen LogP contribution >= 0.6 is 0 Å². The van der Waals surface area contributed by atoms with Gasteiger partial charge in [0, 0.05) is 19.7 Å². The highest BCUT2D eigenvalue weighted by Crippen LogP contribution is 2.22. The number of rotatable bonds is 6. The number of carbonyl (C=O) groups is 1. The Morgan fingerprint density at radius 3 is 2.69 bits per heavy atom. The Kier molecular flexibility index (Phi) is 5.73. The van der Waals surface area contributed by atoms with Crippen LogP contribution < -0.4 is 0 Å². The fraction of sp³-hybridized carbons (Fsp3) is 0.909. The number of carboxylic acid groups (broad SMARTS) is 1. The summed E-state index contributed by atoms with van der Waals surface area (Å²) in [5.41, 5.74) is 0. The van der Waals surface area contributed by atoms with E-state index in [0.29, 0.717) is 13.2 Å². The van der Waals surface area contributed by atoms with E-state index in [4.69, 9.17) is 9.84 Å². The van der Waals surface area contributed by atoms with Crippen molar-refractivity contribution in [1.29, 1.82) is 0 Å². The molecular formula is C11H21NO4. The van der Waals surface area contributed by atoms with Gasteiger partial charge in [-0.2, -0.15) is 0 Å². The van der Waals surface area contributed by atoms with Gasteiger partial charge in [0.2, 0.25) is 0 Å². The topological polar surface area (TPSA) is 70.0 Å². The van der Waals surface area contributed by atoms with Crippen LogP contribution in [0.5, 0.6) is 0 Å². The molecule has 0 aromatic carbocycles. The van der Waals surface area contributed by atoms with Gasteiger partial charge in [0.05, 0.1) is 19.3 Å². The zero-order chi connectivity index (χ0) is 12.0. The third-order valence-corrected chi connectivity index (χ3v) is 3.08. The van der Waals surface area contributed by atoms with E-state index in [9.17, 15) is 9.90 Å². The van der Waals surface area contributed by atoms with Crippen LogP contribution in [0.3, 0.4) is 0 Å². The van der Waals surface area contributed by atoms with Crippen LogP contribution in [0.4, 0.5) is 0 Å². The minimum atomic E-state index is -0.853. The van der Waals surface area contributed by atoms with E-state index in [0.717, 1.165) is 25.7 Å². The molecule has 0 bridgehead atoms. The molecule has 5 nitrogen and oxygen atoms in total. The van der Waals surface area contributed by atoms with Gasteiger partial charge in [-0.25, -0.2) is 0 Å². The molecular weight excluding hydrogens is 210 g/mol. The highest BCUT2D eigenvalue weighted by molar-refractivity contribution is 5.69. The molecule has 16 heavy (non-hydrogen) atoms. The summed E-state index contributed by atoms with van der Waals surface area (Å²) in [5.74, 6) is -0.853.